The number of likely N-dealkylation sites (tertiary alicyclic amines) is 1. The molecular formula is C21H30N4. The number of hydrogen-bond donors (Lipinski definition) is 0. The molecule has 2 unspecified atom stereocenters. The third-order valence-electron chi connectivity index (χ3n) is 5.98. The lowest BCUT2D eigenvalue weighted by atomic mass is 9.87. The number of benzene rings is 1. The van der Waals surface area contributed by atoms with Crippen molar-refractivity contribution in [3.8, 4) is 11.4 Å². The molecule has 1 saturated carbocycles. The van der Waals surface area contributed by atoms with E-state index >= 15 is 0 Å². The molecule has 0 spiro atoms. The van der Waals surface area contributed by atoms with Gasteiger partial charge in [0.15, 0.2) is 11.6 Å². The summed E-state index contributed by atoms with van der Waals surface area (Å²) in [5.74, 6) is 3.77. The van der Waals surface area contributed by atoms with Gasteiger partial charge in [-0.1, -0.05) is 51.5 Å². The molecule has 1 aliphatic heterocycles. The van der Waals surface area contributed by atoms with Gasteiger partial charge in [0, 0.05) is 25.7 Å². The van der Waals surface area contributed by atoms with Crippen molar-refractivity contribution >= 4 is 0 Å². The van der Waals surface area contributed by atoms with Crippen LogP contribution in [0.3, 0.4) is 0 Å². The number of aromatic nitrogens is 3. The van der Waals surface area contributed by atoms with Crippen LogP contribution in [0.25, 0.3) is 11.4 Å². The van der Waals surface area contributed by atoms with E-state index in [2.05, 4.69) is 55.0 Å². The van der Waals surface area contributed by atoms with Gasteiger partial charge in [-0.3, -0.25) is 4.90 Å². The number of rotatable bonds is 3. The first kappa shape index (κ1) is 16.8. The average molecular weight is 338 g/mol. The van der Waals surface area contributed by atoms with Gasteiger partial charge in [0.2, 0.25) is 0 Å². The Morgan fingerprint density at radius 2 is 1.68 bits per heavy atom. The molecule has 1 aromatic heterocycles. The summed E-state index contributed by atoms with van der Waals surface area (Å²) >= 11 is 0. The Bertz CT molecular complexity index is 726. The quantitative estimate of drug-likeness (QED) is 0.848. The van der Waals surface area contributed by atoms with Crippen molar-refractivity contribution in [1.29, 1.82) is 0 Å². The highest BCUT2D eigenvalue weighted by Crippen LogP contribution is 2.38. The summed E-state index contributed by atoms with van der Waals surface area (Å²) in [6.07, 6.45) is 4.27. The molecule has 4 nitrogen and oxygen atoms in total. The lowest BCUT2D eigenvalue weighted by Crippen LogP contribution is -2.21. The van der Waals surface area contributed by atoms with Crippen molar-refractivity contribution in [3.05, 3.63) is 35.7 Å². The molecule has 25 heavy (non-hydrogen) atoms. The first-order chi connectivity index (χ1) is 11.9. The van der Waals surface area contributed by atoms with Crippen molar-refractivity contribution in [1.82, 2.24) is 19.7 Å². The Hall–Kier alpha value is -1.68. The maximum atomic E-state index is 4.84. The highest BCUT2D eigenvalue weighted by atomic mass is 15.3. The molecule has 0 amide bonds. The summed E-state index contributed by atoms with van der Waals surface area (Å²) in [6, 6.07) is 8.78. The van der Waals surface area contributed by atoms with Crippen LogP contribution in [0.15, 0.2) is 24.3 Å². The maximum Gasteiger partial charge on any atom is 0.165 e. The molecule has 4 heteroatoms. The van der Waals surface area contributed by atoms with Crippen molar-refractivity contribution in [2.24, 2.45) is 18.9 Å². The highest BCUT2D eigenvalue weighted by molar-refractivity contribution is 5.56. The third-order valence-corrected chi connectivity index (χ3v) is 5.98. The molecule has 2 atom stereocenters. The average Bonchev–Trinajstić information content (AvgIpc) is 3.22. The molecule has 2 fully saturated rings. The zero-order chi connectivity index (χ0) is 17.6. The van der Waals surface area contributed by atoms with Crippen LogP contribution in [-0.4, -0.2) is 32.8 Å². The highest BCUT2D eigenvalue weighted by Gasteiger charge is 2.36. The van der Waals surface area contributed by atoms with E-state index in [-0.39, 0.29) is 5.41 Å². The van der Waals surface area contributed by atoms with Gasteiger partial charge in [0.1, 0.15) is 0 Å². The monoisotopic (exact) mass is 338 g/mol. The van der Waals surface area contributed by atoms with E-state index in [1.165, 1.54) is 37.9 Å². The van der Waals surface area contributed by atoms with Gasteiger partial charge < -0.3 is 0 Å². The minimum atomic E-state index is 0.178. The number of aryl methyl sites for hydroxylation is 1. The molecule has 0 N–H and O–H groups in total. The smallest absolute Gasteiger partial charge is 0.165 e. The first-order valence-corrected chi connectivity index (χ1v) is 9.63. The molecule has 1 saturated heterocycles. The van der Waals surface area contributed by atoms with Crippen molar-refractivity contribution in [2.45, 2.75) is 52.0 Å². The van der Waals surface area contributed by atoms with Crippen molar-refractivity contribution in [3.63, 3.8) is 0 Å². The predicted octanol–water partition coefficient (Wildman–Crippen LogP) is 4.01. The molecular weight excluding hydrogens is 308 g/mol. The largest absolute Gasteiger partial charge is 0.295 e. The topological polar surface area (TPSA) is 34.0 Å². The molecule has 1 aromatic carbocycles. The van der Waals surface area contributed by atoms with Gasteiger partial charge in [-0.25, -0.2) is 9.67 Å². The summed E-state index contributed by atoms with van der Waals surface area (Å²) < 4.78 is 1.93. The Labute approximate surface area is 151 Å². The number of nitrogens with zero attached hydrogens (tertiary/aromatic N) is 4. The Morgan fingerprint density at radius 3 is 2.28 bits per heavy atom. The standard InChI is InChI=1S/C21H30N4/c1-21(2,3)18-10-8-15(9-11-18)20-22-19(23-24(20)4)14-25-12-16-6-5-7-17(16)13-25/h8-11,16-17H,5-7,12-14H2,1-4H3. The van der Waals surface area contributed by atoms with Gasteiger partial charge in [0.05, 0.1) is 6.54 Å². The molecule has 4 rings (SSSR count). The van der Waals surface area contributed by atoms with E-state index < -0.39 is 0 Å². The Balaban J connectivity index is 1.49. The van der Waals surface area contributed by atoms with E-state index in [0.717, 1.165) is 35.6 Å². The van der Waals surface area contributed by atoms with Crippen LogP contribution in [-0.2, 0) is 19.0 Å². The van der Waals surface area contributed by atoms with Crippen LogP contribution in [0.4, 0.5) is 0 Å². The number of hydrogen-bond acceptors (Lipinski definition) is 3. The predicted molar refractivity (Wildman–Crippen MR) is 101 cm³/mol. The fourth-order valence-electron chi connectivity index (χ4n) is 4.54. The zero-order valence-electron chi connectivity index (χ0n) is 16.0. The lowest BCUT2D eigenvalue weighted by molar-refractivity contribution is 0.295. The molecule has 2 aliphatic rings. The van der Waals surface area contributed by atoms with E-state index in [9.17, 15) is 0 Å². The lowest BCUT2D eigenvalue weighted by Gasteiger charge is -2.19. The van der Waals surface area contributed by atoms with Crippen LogP contribution in [0, 0.1) is 11.8 Å². The van der Waals surface area contributed by atoms with E-state index in [0.29, 0.717) is 0 Å². The van der Waals surface area contributed by atoms with Gasteiger partial charge in [0.25, 0.3) is 0 Å². The second-order valence-corrected chi connectivity index (χ2v) is 8.95. The maximum absolute atomic E-state index is 4.84. The minimum absolute atomic E-state index is 0.178. The molecule has 2 aromatic rings. The normalized spacial score (nSPS) is 24.0. The summed E-state index contributed by atoms with van der Waals surface area (Å²) in [7, 11) is 2.00. The van der Waals surface area contributed by atoms with E-state index in [1.54, 1.807) is 0 Å². The third kappa shape index (κ3) is 3.37. The molecule has 1 aliphatic carbocycles. The van der Waals surface area contributed by atoms with Crippen LogP contribution >= 0.6 is 0 Å². The van der Waals surface area contributed by atoms with Crippen LogP contribution in [0.5, 0.6) is 0 Å². The van der Waals surface area contributed by atoms with Gasteiger partial charge in [-0.2, -0.15) is 5.10 Å². The van der Waals surface area contributed by atoms with Crippen molar-refractivity contribution in [2.75, 3.05) is 13.1 Å². The summed E-state index contributed by atoms with van der Waals surface area (Å²) in [5, 5.41) is 4.68. The zero-order valence-corrected chi connectivity index (χ0v) is 16.0. The van der Waals surface area contributed by atoms with Crippen molar-refractivity contribution < 1.29 is 0 Å². The Morgan fingerprint density at radius 1 is 1.04 bits per heavy atom. The molecule has 0 radical (unpaired) electrons. The second kappa shape index (κ2) is 6.24. The van der Waals surface area contributed by atoms with Crippen LogP contribution in [0.2, 0.25) is 0 Å². The van der Waals surface area contributed by atoms with Gasteiger partial charge in [-0.15, -0.1) is 0 Å². The first-order valence-electron chi connectivity index (χ1n) is 9.63. The summed E-state index contributed by atoms with van der Waals surface area (Å²) in [6.45, 7) is 10.1. The SMILES string of the molecule is Cn1nc(CN2CC3CCCC3C2)nc1-c1ccc(C(C)(C)C)cc1. The van der Waals surface area contributed by atoms with E-state index in [4.69, 9.17) is 4.98 Å². The molecule has 2 heterocycles. The fraction of sp³-hybridized carbons (Fsp3) is 0.619. The van der Waals surface area contributed by atoms with E-state index in [1.807, 2.05) is 11.7 Å². The number of fused-ring (bicyclic) bond motifs is 1. The molecule has 0 bridgehead atoms. The summed E-state index contributed by atoms with van der Waals surface area (Å²) in [5.41, 5.74) is 2.67. The molecule has 134 valence electrons. The van der Waals surface area contributed by atoms with Gasteiger partial charge >= 0.3 is 0 Å². The second-order valence-electron chi connectivity index (χ2n) is 8.95. The van der Waals surface area contributed by atoms with Gasteiger partial charge in [-0.05, 0) is 35.7 Å². The fourth-order valence-corrected chi connectivity index (χ4v) is 4.54. The Kier molecular flexibility index (Phi) is 4.19. The minimum Gasteiger partial charge on any atom is -0.295 e. The van der Waals surface area contributed by atoms with Crippen LogP contribution < -0.4 is 0 Å². The summed E-state index contributed by atoms with van der Waals surface area (Å²) in [4.78, 5) is 7.39. The van der Waals surface area contributed by atoms with Crippen LogP contribution in [0.1, 0.15) is 51.4 Å².